The molecule has 0 spiro atoms. The van der Waals surface area contributed by atoms with Crippen molar-refractivity contribution in [3.05, 3.63) is 66.2 Å². The van der Waals surface area contributed by atoms with Crippen LogP contribution in [0, 0.1) is 13.8 Å². The molecular weight excluding hydrogens is 350 g/mol. The van der Waals surface area contributed by atoms with Gasteiger partial charge in [0.05, 0.1) is 5.56 Å². The largest absolute Gasteiger partial charge is 0.446 e. The number of fused-ring (bicyclic) bond motifs is 3. The first kappa shape index (κ1) is 16.7. The van der Waals surface area contributed by atoms with Gasteiger partial charge in [0.25, 0.3) is 0 Å². The maximum atomic E-state index is 6.26. The Morgan fingerprint density at radius 3 is 2.46 bits per heavy atom. The highest BCUT2D eigenvalue weighted by Gasteiger charge is 2.28. The van der Waals surface area contributed by atoms with Crippen molar-refractivity contribution < 1.29 is 18.0 Å². The summed E-state index contributed by atoms with van der Waals surface area (Å²) in [6, 6.07) is 14.6. The molecule has 4 heterocycles. The molecule has 0 aliphatic rings. The minimum absolute atomic E-state index is 0.679. The molecule has 5 heteroatoms. The molecule has 0 saturated heterocycles. The normalized spacial score (nSPS) is 11.6. The first-order valence-electron chi connectivity index (χ1n) is 9.27. The van der Waals surface area contributed by atoms with E-state index < -0.39 is 0 Å². The van der Waals surface area contributed by atoms with Gasteiger partial charge in [-0.3, -0.25) is 0 Å². The van der Waals surface area contributed by atoms with Crippen LogP contribution >= 0.6 is 0 Å². The number of nitrogens with zero attached hydrogens (tertiary/aromatic N) is 3. The van der Waals surface area contributed by atoms with E-state index >= 15 is 0 Å². The smallest absolute Gasteiger partial charge is 0.437 e. The molecule has 0 N–H and O–H groups in total. The van der Waals surface area contributed by atoms with E-state index in [-0.39, 0.29) is 0 Å². The van der Waals surface area contributed by atoms with Crippen molar-refractivity contribution in [2.24, 2.45) is 14.1 Å². The van der Waals surface area contributed by atoms with Crippen LogP contribution in [-0.2, 0) is 14.1 Å². The molecule has 4 aromatic heterocycles. The van der Waals surface area contributed by atoms with Crippen LogP contribution < -0.4 is 9.13 Å². The molecule has 28 heavy (non-hydrogen) atoms. The van der Waals surface area contributed by atoms with Gasteiger partial charge in [0.15, 0.2) is 11.8 Å². The molecule has 0 aliphatic carbocycles. The Labute approximate surface area is 162 Å². The summed E-state index contributed by atoms with van der Waals surface area (Å²) in [5, 5.41) is 2.12. The van der Waals surface area contributed by atoms with Gasteiger partial charge in [-0.25, -0.2) is 4.98 Å². The molecule has 5 rings (SSSR count). The Morgan fingerprint density at radius 2 is 1.68 bits per heavy atom. The van der Waals surface area contributed by atoms with E-state index in [0.717, 1.165) is 50.5 Å². The monoisotopic (exact) mass is 371 g/mol. The second kappa shape index (κ2) is 6.02. The van der Waals surface area contributed by atoms with E-state index in [0.29, 0.717) is 5.71 Å². The summed E-state index contributed by atoms with van der Waals surface area (Å²) in [4.78, 5) is 4.58. The van der Waals surface area contributed by atoms with Gasteiger partial charge in [0, 0.05) is 28.6 Å². The summed E-state index contributed by atoms with van der Waals surface area (Å²) >= 11 is 0. The molecule has 1 aromatic carbocycles. The highest BCUT2D eigenvalue weighted by atomic mass is 16.3. The fraction of sp³-hybridized carbons (Fsp3) is 0.174. The van der Waals surface area contributed by atoms with E-state index in [1.807, 2.05) is 30.8 Å². The molecule has 138 valence electrons. The van der Waals surface area contributed by atoms with Crippen LogP contribution in [0.25, 0.3) is 44.9 Å². The zero-order valence-corrected chi connectivity index (χ0v) is 16.4. The fourth-order valence-corrected chi connectivity index (χ4v) is 3.86. The lowest BCUT2D eigenvalue weighted by molar-refractivity contribution is -0.687. The average molecular weight is 371 g/mol. The van der Waals surface area contributed by atoms with E-state index in [9.17, 15) is 0 Å². The fourth-order valence-electron chi connectivity index (χ4n) is 3.86. The molecule has 0 atom stereocenters. The first-order valence-corrected chi connectivity index (χ1v) is 9.27. The minimum atomic E-state index is 0.679. The average Bonchev–Trinajstić information content (AvgIpc) is 3.25. The SMILES string of the molecule is Cc1ccc2c(n1)oc1c(-c3cccc(-c4occ[n+]4C)[n+]3C)c(C)ccc12. The molecule has 0 radical (unpaired) electrons. The third-order valence-corrected chi connectivity index (χ3v) is 5.35. The summed E-state index contributed by atoms with van der Waals surface area (Å²) in [6.07, 6.45) is 3.60. The van der Waals surface area contributed by atoms with Crippen molar-refractivity contribution >= 4 is 22.1 Å². The topological polar surface area (TPSA) is 46.9 Å². The first-order chi connectivity index (χ1) is 13.5. The molecular formula is C23H21N3O2+2. The highest BCUT2D eigenvalue weighted by Crippen LogP contribution is 2.36. The molecule has 0 unspecified atom stereocenters. The van der Waals surface area contributed by atoms with Crippen LogP contribution in [0.1, 0.15) is 11.3 Å². The summed E-state index contributed by atoms with van der Waals surface area (Å²) < 4.78 is 16.1. The second-order valence-corrected chi connectivity index (χ2v) is 7.22. The number of rotatable bonds is 2. The molecule has 0 amide bonds. The summed E-state index contributed by atoms with van der Waals surface area (Å²) in [7, 11) is 4.03. The van der Waals surface area contributed by atoms with Crippen LogP contribution in [-0.4, -0.2) is 4.98 Å². The van der Waals surface area contributed by atoms with Crippen LogP contribution in [0.4, 0.5) is 0 Å². The standard InChI is InChI=1S/C23H21N3O2/c1-14-8-10-16-17-11-9-15(2)24-22(17)28-21(16)20(14)18-6-5-7-19(26(18)4)23-25(3)12-13-27-23/h5-13H,1-4H3/q+2. The van der Waals surface area contributed by atoms with Gasteiger partial charge in [-0.1, -0.05) is 12.1 Å². The third kappa shape index (κ3) is 2.36. The van der Waals surface area contributed by atoms with Crippen LogP contribution in [0.3, 0.4) is 0 Å². The van der Waals surface area contributed by atoms with Crippen LogP contribution in [0.15, 0.2) is 63.8 Å². The van der Waals surface area contributed by atoms with Gasteiger partial charge in [0.1, 0.15) is 14.1 Å². The highest BCUT2D eigenvalue weighted by molar-refractivity contribution is 6.08. The summed E-state index contributed by atoms with van der Waals surface area (Å²) in [6.45, 7) is 4.09. The zero-order chi connectivity index (χ0) is 19.4. The lowest BCUT2D eigenvalue weighted by Crippen LogP contribution is -2.38. The minimum Gasteiger partial charge on any atom is -0.437 e. The Hall–Kier alpha value is -3.47. The predicted octanol–water partition coefficient (Wildman–Crippen LogP) is 4.17. The number of aromatic nitrogens is 3. The van der Waals surface area contributed by atoms with Gasteiger partial charge in [0.2, 0.25) is 17.6 Å². The summed E-state index contributed by atoms with van der Waals surface area (Å²) in [5.41, 5.74) is 6.77. The zero-order valence-electron chi connectivity index (χ0n) is 16.4. The molecule has 5 nitrogen and oxygen atoms in total. The molecule has 0 fully saturated rings. The van der Waals surface area contributed by atoms with Gasteiger partial charge < -0.3 is 8.83 Å². The van der Waals surface area contributed by atoms with Gasteiger partial charge in [-0.15, -0.1) is 0 Å². The summed E-state index contributed by atoms with van der Waals surface area (Å²) in [5.74, 6) is 0.802. The number of pyridine rings is 2. The van der Waals surface area contributed by atoms with E-state index in [4.69, 9.17) is 8.83 Å². The third-order valence-electron chi connectivity index (χ3n) is 5.35. The van der Waals surface area contributed by atoms with Crippen molar-refractivity contribution in [3.8, 4) is 22.8 Å². The van der Waals surface area contributed by atoms with Crippen molar-refractivity contribution in [3.63, 3.8) is 0 Å². The second-order valence-electron chi connectivity index (χ2n) is 7.22. The Kier molecular flexibility index (Phi) is 3.59. The van der Waals surface area contributed by atoms with Crippen LogP contribution in [0.5, 0.6) is 0 Å². The quantitative estimate of drug-likeness (QED) is 0.438. The number of hydrogen-bond acceptors (Lipinski definition) is 3. The Morgan fingerprint density at radius 1 is 0.893 bits per heavy atom. The van der Waals surface area contributed by atoms with E-state index in [1.165, 1.54) is 0 Å². The van der Waals surface area contributed by atoms with Crippen molar-refractivity contribution in [1.82, 2.24) is 4.98 Å². The van der Waals surface area contributed by atoms with Crippen LogP contribution in [0.2, 0.25) is 0 Å². The lowest BCUT2D eigenvalue weighted by Gasteiger charge is -2.06. The molecule has 0 aliphatic heterocycles. The maximum Gasteiger partial charge on any atom is 0.446 e. The van der Waals surface area contributed by atoms with Crippen molar-refractivity contribution in [1.29, 1.82) is 0 Å². The molecule has 5 aromatic rings. The van der Waals surface area contributed by atoms with Crippen molar-refractivity contribution in [2.75, 3.05) is 0 Å². The van der Waals surface area contributed by atoms with Gasteiger partial charge in [-0.05, 0) is 37.6 Å². The number of furan rings is 1. The number of aryl methyl sites for hydroxylation is 3. The van der Waals surface area contributed by atoms with E-state index in [2.05, 4.69) is 59.9 Å². The number of hydrogen-bond donors (Lipinski definition) is 0. The Balaban J connectivity index is 1.84. The van der Waals surface area contributed by atoms with E-state index in [1.54, 1.807) is 6.26 Å². The van der Waals surface area contributed by atoms with Crippen molar-refractivity contribution in [2.45, 2.75) is 13.8 Å². The lowest BCUT2D eigenvalue weighted by atomic mass is 10.0. The van der Waals surface area contributed by atoms with Gasteiger partial charge in [-0.2, -0.15) is 9.13 Å². The number of benzene rings is 1. The molecule has 0 bridgehead atoms. The maximum absolute atomic E-state index is 6.26. The molecule has 0 saturated carbocycles. The number of oxazole rings is 1. The van der Waals surface area contributed by atoms with Gasteiger partial charge >= 0.3 is 11.6 Å². The predicted molar refractivity (Wildman–Crippen MR) is 106 cm³/mol. The Bertz CT molecular complexity index is 1360.